The Morgan fingerprint density at radius 1 is 1.18 bits per heavy atom. The topological polar surface area (TPSA) is 58.1 Å². The van der Waals surface area contributed by atoms with E-state index in [1.807, 2.05) is 49.5 Å². The maximum absolute atomic E-state index is 10.7. The van der Waals surface area contributed by atoms with Gasteiger partial charge in [-0.1, -0.05) is 12.1 Å². The lowest BCUT2D eigenvalue weighted by Crippen LogP contribution is -2.42. The smallest absolute Gasteiger partial charge is 0.185 e. The molecular weight excluding hydrogens is 374 g/mol. The van der Waals surface area contributed by atoms with Crippen LogP contribution in [0.3, 0.4) is 0 Å². The monoisotopic (exact) mass is 403 g/mol. The largest absolute Gasteiger partial charge is 0.493 e. The first-order chi connectivity index (χ1) is 13.5. The number of aromatic nitrogens is 1. The maximum Gasteiger partial charge on any atom is 0.185 e. The standard InChI is InChI=1S/C21H29N3O3S/c1-23(2)21-22-10-16(28-21)13-24-11-14-8-17(25)20(9-15(14)12-24)27-19-7-5-4-6-18(19)26-3/h4-7,10,14-15,17,20,25H,8-9,11-13H2,1-3H3/t14-,15+,17+,20+/m0/s1. The fourth-order valence-electron chi connectivity index (χ4n) is 4.42. The number of rotatable bonds is 6. The molecule has 0 unspecified atom stereocenters. The highest BCUT2D eigenvalue weighted by Gasteiger charge is 2.42. The first kappa shape index (κ1) is 19.5. The SMILES string of the molecule is COc1ccccc1O[C@@H]1C[C@@H]2CN(Cc3cnc(N(C)C)s3)C[C@@H]2C[C@H]1O. The summed E-state index contributed by atoms with van der Waals surface area (Å²) in [6.07, 6.45) is 3.05. The number of ether oxygens (including phenoxy) is 2. The molecule has 0 spiro atoms. The highest BCUT2D eigenvalue weighted by molar-refractivity contribution is 7.15. The van der Waals surface area contributed by atoms with Gasteiger partial charge in [0.25, 0.3) is 0 Å². The third kappa shape index (κ3) is 4.11. The van der Waals surface area contributed by atoms with Crippen molar-refractivity contribution in [3.05, 3.63) is 35.3 Å². The molecule has 1 aliphatic heterocycles. The van der Waals surface area contributed by atoms with Crippen molar-refractivity contribution in [2.24, 2.45) is 11.8 Å². The number of methoxy groups -OCH3 is 1. The molecule has 28 heavy (non-hydrogen) atoms. The predicted octanol–water partition coefficient (Wildman–Crippen LogP) is 2.87. The van der Waals surface area contributed by atoms with Crippen molar-refractivity contribution < 1.29 is 14.6 Å². The van der Waals surface area contributed by atoms with Crippen LogP contribution in [0.4, 0.5) is 5.13 Å². The van der Waals surface area contributed by atoms with E-state index in [2.05, 4.69) is 9.88 Å². The lowest BCUT2D eigenvalue weighted by atomic mass is 9.78. The number of para-hydroxylation sites is 2. The minimum atomic E-state index is -0.435. The van der Waals surface area contributed by atoms with Gasteiger partial charge in [0.2, 0.25) is 0 Å². The van der Waals surface area contributed by atoms with Gasteiger partial charge >= 0.3 is 0 Å². The predicted molar refractivity (Wildman–Crippen MR) is 111 cm³/mol. The third-order valence-corrected chi connectivity index (χ3v) is 6.96. The number of aliphatic hydroxyl groups excluding tert-OH is 1. The molecule has 1 saturated heterocycles. The summed E-state index contributed by atoms with van der Waals surface area (Å²) in [6, 6.07) is 7.66. The fourth-order valence-corrected chi connectivity index (χ4v) is 5.29. The lowest BCUT2D eigenvalue weighted by molar-refractivity contribution is -0.0240. The summed E-state index contributed by atoms with van der Waals surface area (Å²) in [5.74, 6) is 2.52. The number of hydrogen-bond donors (Lipinski definition) is 1. The van der Waals surface area contributed by atoms with Gasteiger partial charge in [0, 0.05) is 44.8 Å². The Labute approximate surface area is 170 Å². The minimum absolute atomic E-state index is 0.179. The molecule has 4 atom stereocenters. The first-order valence-electron chi connectivity index (χ1n) is 9.85. The number of hydrogen-bond acceptors (Lipinski definition) is 7. The number of benzene rings is 1. The van der Waals surface area contributed by atoms with Crippen LogP contribution in [0.15, 0.2) is 30.5 Å². The summed E-state index contributed by atoms with van der Waals surface area (Å²) >= 11 is 1.75. The van der Waals surface area contributed by atoms with Crippen LogP contribution in [0.1, 0.15) is 17.7 Å². The van der Waals surface area contributed by atoms with Crippen molar-refractivity contribution in [1.82, 2.24) is 9.88 Å². The van der Waals surface area contributed by atoms with Crippen LogP contribution in [0.2, 0.25) is 0 Å². The molecule has 1 N–H and O–H groups in total. The van der Waals surface area contributed by atoms with E-state index < -0.39 is 6.10 Å². The van der Waals surface area contributed by atoms with Crippen molar-refractivity contribution in [2.75, 3.05) is 39.2 Å². The van der Waals surface area contributed by atoms with Crippen LogP contribution in [-0.2, 0) is 6.54 Å². The van der Waals surface area contributed by atoms with E-state index in [1.54, 1.807) is 18.4 Å². The summed E-state index contributed by atoms with van der Waals surface area (Å²) in [5, 5.41) is 11.7. The molecule has 4 rings (SSSR count). The zero-order valence-corrected chi connectivity index (χ0v) is 17.6. The van der Waals surface area contributed by atoms with Crippen LogP contribution in [0.25, 0.3) is 0 Å². The highest BCUT2D eigenvalue weighted by Crippen LogP contribution is 2.40. The highest BCUT2D eigenvalue weighted by atomic mass is 32.1. The number of nitrogens with zero attached hydrogens (tertiary/aromatic N) is 3. The van der Waals surface area contributed by atoms with E-state index in [0.29, 0.717) is 23.3 Å². The van der Waals surface area contributed by atoms with E-state index in [1.165, 1.54) is 4.88 Å². The van der Waals surface area contributed by atoms with Crippen LogP contribution in [0, 0.1) is 11.8 Å². The molecular formula is C21H29N3O3S. The number of anilines is 1. The Kier molecular flexibility index (Phi) is 5.75. The molecule has 1 saturated carbocycles. The molecule has 1 aliphatic carbocycles. The first-order valence-corrected chi connectivity index (χ1v) is 10.7. The Hall–Kier alpha value is -1.83. The average molecular weight is 404 g/mol. The van der Waals surface area contributed by atoms with Crippen LogP contribution < -0.4 is 14.4 Å². The van der Waals surface area contributed by atoms with Gasteiger partial charge in [0.15, 0.2) is 16.6 Å². The van der Waals surface area contributed by atoms with Crippen molar-refractivity contribution in [3.8, 4) is 11.5 Å². The van der Waals surface area contributed by atoms with Gasteiger partial charge in [-0.3, -0.25) is 4.90 Å². The Morgan fingerprint density at radius 3 is 2.57 bits per heavy atom. The molecule has 152 valence electrons. The summed E-state index contributed by atoms with van der Waals surface area (Å²) in [4.78, 5) is 10.3. The van der Waals surface area contributed by atoms with Crippen LogP contribution in [-0.4, -0.2) is 61.5 Å². The average Bonchev–Trinajstić information content (AvgIpc) is 3.29. The van der Waals surface area contributed by atoms with Crippen LogP contribution >= 0.6 is 11.3 Å². The van der Waals surface area contributed by atoms with Crippen molar-refractivity contribution in [2.45, 2.75) is 31.6 Å². The molecule has 2 aliphatic rings. The van der Waals surface area contributed by atoms with Gasteiger partial charge in [-0.2, -0.15) is 0 Å². The van der Waals surface area contributed by atoms with Gasteiger partial charge in [0.05, 0.1) is 13.2 Å². The van der Waals surface area contributed by atoms with Gasteiger partial charge in [-0.25, -0.2) is 4.98 Å². The third-order valence-electron chi connectivity index (χ3n) is 5.81. The molecule has 0 bridgehead atoms. The summed E-state index contributed by atoms with van der Waals surface area (Å²) in [6.45, 7) is 3.03. The fraction of sp³-hybridized carbons (Fsp3) is 0.571. The number of thiazole rings is 1. The second kappa shape index (κ2) is 8.27. The second-order valence-electron chi connectivity index (χ2n) is 8.06. The Balaban J connectivity index is 1.38. The molecule has 1 aromatic heterocycles. The van der Waals surface area contributed by atoms with Crippen molar-refractivity contribution in [1.29, 1.82) is 0 Å². The number of likely N-dealkylation sites (tertiary alicyclic amines) is 1. The van der Waals surface area contributed by atoms with E-state index >= 15 is 0 Å². The van der Waals surface area contributed by atoms with Crippen LogP contribution in [0.5, 0.6) is 11.5 Å². The van der Waals surface area contributed by atoms with Gasteiger partial charge in [-0.05, 0) is 36.8 Å². The molecule has 1 aromatic carbocycles. The van der Waals surface area contributed by atoms with Crippen molar-refractivity contribution in [3.63, 3.8) is 0 Å². The van der Waals surface area contributed by atoms with E-state index in [0.717, 1.165) is 37.6 Å². The molecule has 2 aromatic rings. The van der Waals surface area contributed by atoms with Gasteiger partial charge in [0.1, 0.15) is 6.10 Å². The molecule has 6 nitrogen and oxygen atoms in total. The summed E-state index contributed by atoms with van der Waals surface area (Å²) in [7, 11) is 5.69. The Morgan fingerprint density at radius 2 is 1.89 bits per heavy atom. The molecule has 0 radical (unpaired) electrons. The number of fused-ring (bicyclic) bond motifs is 1. The number of aliphatic hydroxyl groups is 1. The molecule has 0 amide bonds. The van der Waals surface area contributed by atoms with E-state index in [9.17, 15) is 5.11 Å². The second-order valence-corrected chi connectivity index (χ2v) is 9.16. The van der Waals surface area contributed by atoms with Crippen molar-refractivity contribution >= 4 is 16.5 Å². The summed E-state index contributed by atoms with van der Waals surface area (Å²) in [5.41, 5.74) is 0. The minimum Gasteiger partial charge on any atom is -0.493 e. The molecule has 2 heterocycles. The quantitative estimate of drug-likeness (QED) is 0.800. The van der Waals surface area contributed by atoms with Gasteiger partial charge < -0.3 is 19.5 Å². The Bertz CT molecular complexity index is 797. The molecule has 7 heteroatoms. The molecule has 2 fully saturated rings. The zero-order valence-electron chi connectivity index (χ0n) is 16.7. The zero-order chi connectivity index (χ0) is 19.7. The van der Waals surface area contributed by atoms with Gasteiger partial charge in [-0.15, -0.1) is 11.3 Å². The maximum atomic E-state index is 10.7. The lowest BCUT2D eigenvalue weighted by Gasteiger charge is -2.35. The van der Waals surface area contributed by atoms with E-state index in [-0.39, 0.29) is 6.10 Å². The normalized spacial score (nSPS) is 27.4. The summed E-state index contributed by atoms with van der Waals surface area (Å²) < 4.78 is 11.6. The van der Waals surface area contributed by atoms with E-state index in [4.69, 9.17) is 9.47 Å².